The topological polar surface area (TPSA) is 49.8 Å². The fourth-order valence-electron chi connectivity index (χ4n) is 3.44. The molecule has 0 saturated heterocycles. The molecular weight excluding hydrogens is 447 g/mol. The fourth-order valence-corrected chi connectivity index (χ4v) is 4.05. The summed E-state index contributed by atoms with van der Waals surface area (Å²) < 4.78 is 5.33. The number of rotatable bonds is 8. The second kappa shape index (κ2) is 11.3. The Morgan fingerprint density at radius 3 is 2.72 bits per heavy atom. The summed E-state index contributed by atoms with van der Waals surface area (Å²) in [7, 11) is 3.88. The molecular formula is C18H33IN4OS. The van der Waals surface area contributed by atoms with Crippen LogP contribution in [0.25, 0.3) is 0 Å². The number of aryl methyl sites for hydroxylation is 1. The van der Waals surface area contributed by atoms with E-state index in [2.05, 4.69) is 34.6 Å². The van der Waals surface area contributed by atoms with Crippen LogP contribution in [0, 0.1) is 12.3 Å². The molecule has 1 saturated carbocycles. The average Bonchev–Trinajstić information content (AvgIpc) is 3.19. The molecule has 0 bridgehead atoms. The first-order valence-corrected chi connectivity index (χ1v) is 9.86. The summed E-state index contributed by atoms with van der Waals surface area (Å²) in [6.45, 7) is 7.56. The van der Waals surface area contributed by atoms with Gasteiger partial charge in [0.1, 0.15) is 0 Å². The highest BCUT2D eigenvalue weighted by Gasteiger charge is 2.33. The smallest absolute Gasteiger partial charge is 0.194 e. The van der Waals surface area contributed by atoms with Crippen LogP contribution in [0.4, 0.5) is 0 Å². The Kier molecular flexibility index (Phi) is 10.3. The quantitative estimate of drug-likeness (QED) is 0.346. The molecule has 5 nitrogen and oxygen atoms in total. The Bertz CT molecular complexity index is 529. The van der Waals surface area contributed by atoms with E-state index in [0.29, 0.717) is 5.41 Å². The number of aliphatic imine (C=N–C) groups is 1. The lowest BCUT2D eigenvalue weighted by molar-refractivity contribution is 0.141. The van der Waals surface area contributed by atoms with Gasteiger partial charge in [-0.1, -0.05) is 12.8 Å². The van der Waals surface area contributed by atoms with Gasteiger partial charge in [0.2, 0.25) is 0 Å². The van der Waals surface area contributed by atoms with E-state index < -0.39 is 0 Å². The number of thiazole rings is 1. The largest absolute Gasteiger partial charge is 0.385 e. The number of methoxy groups -OCH3 is 1. The van der Waals surface area contributed by atoms with Gasteiger partial charge in [-0.25, -0.2) is 4.98 Å². The van der Waals surface area contributed by atoms with Crippen molar-refractivity contribution in [3.63, 3.8) is 0 Å². The van der Waals surface area contributed by atoms with Gasteiger partial charge in [0, 0.05) is 39.2 Å². The summed E-state index contributed by atoms with van der Waals surface area (Å²) in [5.41, 5.74) is 1.44. The van der Waals surface area contributed by atoms with E-state index in [-0.39, 0.29) is 24.0 Å². The first kappa shape index (κ1) is 22.6. The standard InChI is InChI=1S/C18H32N4OS.HI/c1-5-19-17(22(3)12-16-13-24-15(2)21-16)20-14-18(10-11-23-4)8-6-7-9-18;/h13H,5-12,14H2,1-4H3,(H,19,20);1H. The average molecular weight is 480 g/mol. The van der Waals surface area contributed by atoms with Crippen LogP contribution in [0.2, 0.25) is 0 Å². The van der Waals surface area contributed by atoms with Crippen molar-refractivity contribution in [2.24, 2.45) is 10.4 Å². The molecule has 0 atom stereocenters. The molecule has 1 aliphatic rings. The van der Waals surface area contributed by atoms with Crippen molar-refractivity contribution in [1.82, 2.24) is 15.2 Å². The summed E-state index contributed by atoms with van der Waals surface area (Å²) >= 11 is 1.70. The summed E-state index contributed by atoms with van der Waals surface area (Å²) in [6, 6.07) is 0. The van der Waals surface area contributed by atoms with E-state index >= 15 is 0 Å². The summed E-state index contributed by atoms with van der Waals surface area (Å²) in [4.78, 5) is 11.7. The number of halogens is 1. The molecule has 1 fully saturated rings. The summed E-state index contributed by atoms with van der Waals surface area (Å²) in [5, 5.41) is 6.67. The SMILES string of the molecule is CCNC(=NCC1(CCOC)CCCC1)N(C)Cc1csc(C)n1.I. The molecule has 144 valence electrons. The lowest BCUT2D eigenvalue weighted by Crippen LogP contribution is -2.39. The number of guanidine groups is 1. The Morgan fingerprint density at radius 1 is 1.44 bits per heavy atom. The first-order chi connectivity index (χ1) is 11.6. The predicted octanol–water partition coefficient (Wildman–Crippen LogP) is 4.06. The zero-order chi connectivity index (χ0) is 17.4. The maximum Gasteiger partial charge on any atom is 0.194 e. The number of nitrogens with zero attached hydrogens (tertiary/aromatic N) is 3. The third kappa shape index (κ3) is 7.02. The zero-order valence-electron chi connectivity index (χ0n) is 16.0. The van der Waals surface area contributed by atoms with E-state index in [1.54, 1.807) is 18.4 Å². The molecule has 0 amide bonds. The summed E-state index contributed by atoms with van der Waals surface area (Å²) in [6.07, 6.45) is 6.30. The van der Waals surface area contributed by atoms with Crippen molar-refractivity contribution in [2.75, 3.05) is 33.9 Å². The molecule has 0 radical (unpaired) electrons. The molecule has 0 aliphatic heterocycles. The van der Waals surface area contributed by atoms with E-state index in [9.17, 15) is 0 Å². The van der Waals surface area contributed by atoms with E-state index in [4.69, 9.17) is 9.73 Å². The van der Waals surface area contributed by atoms with Crippen LogP contribution in [0.15, 0.2) is 10.4 Å². The minimum absolute atomic E-state index is 0. The predicted molar refractivity (Wildman–Crippen MR) is 117 cm³/mol. The molecule has 1 aromatic heterocycles. The summed E-state index contributed by atoms with van der Waals surface area (Å²) in [5.74, 6) is 0.979. The van der Waals surface area contributed by atoms with Crippen LogP contribution in [0.1, 0.15) is 49.7 Å². The zero-order valence-corrected chi connectivity index (χ0v) is 19.2. The van der Waals surface area contributed by atoms with Gasteiger partial charge in [0.05, 0.1) is 17.2 Å². The van der Waals surface area contributed by atoms with Crippen LogP contribution in [0.3, 0.4) is 0 Å². The molecule has 0 aromatic carbocycles. The normalized spacial score (nSPS) is 16.6. The third-order valence-corrected chi connectivity index (χ3v) is 5.65. The highest BCUT2D eigenvalue weighted by atomic mass is 127. The van der Waals surface area contributed by atoms with E-state index in [1.807, 2.05) is 6.92 Å². The number of nitrogens with one attached hydrogen (secondary N) is 1. The molecule has 1 N–H and O–H groups in total. The second-order valence-electron chi connectivity index (χ2n) is 6.83. The molecule has 1 aromatic rings. The Labute approximate surface area is 173 Å². The Balaban J connectivity index is 0.00000312. The van der Waals surface area contributed by atoms with Crippen LogP contribution < -0.4 is 5.32 Å². The van der Waals surface area contributed by atoms with Crippen molar-refractivity contribution in [3.05, 3.63) is 16.1 Å². The Hall–Kier alpha value is -0.410. The number of hydrogen-bond acceptors (Lipinski definition) is 4. The molecule has 1 aliphatic carbocycles. The Morgan fingerprint density at radius 2 is 2.16 bits per heavy atom. The van der Waals surface area contributed by atoms with Gasteiger partial charge in [-0.3, -0.25) is 4.99 Å². The minimum atomic E-state index is 0. The number of ether oxygens (including phenoxy) is 1. The van der Waals surface area contributed by atoms with Gasteiger partial charge in [-0.15, -0.1) is 35.3 Å². The van der Waals surface area contributed by atoms with E-state index in [1.165, 1.54) is 25.7 Å². The van der Waals surface area contributed by atoms with Crippen molar-refractivity contribution in [1.29, 1.82) is 0 Å². The molecule has 1 heterocycles. The molecule has 0 spiro atoms. The molecule has 25 heavy (non-hydrogen) atoms. The van der Waals surface area contributed by atoms with Crippen LogP contribution >= 0.6 is 35.3 Å². The number of hydrogen-bond donors (Lipinski definition) is 1. The molecule has 0 unspecified atom stereocenters. The van der Waals surface area contributed by atoms with Crippen molar-refractivity contribution < 1.29 is 4.74 Å². The van der Waals surface area contributed by atoms with Gasteiger partial charge in [0.15, 0.2) is 5.96 Å². The molecule has 7 heteroatoms. The highest BCUT2D eigenvalue weighted by molar-refractivity contribution is 14.0. The highest BCUT2D eigenvalue weighted by Crippen LogP contribution is 2.41. The molecule has 2 rings (SSSR count). The lowest BCUT2D eigenvalue weighted by Gasteiger charge is -2.28. The van der Waals surface area contributed by atoms with Gasteiger partial charge >= 0.3 is 0 Å². The maximum atomic E-state index is 5.33. The van der Waals surface area contributed by atoms with Gasteiger partial charge < -0.3 is 15.0 Å². The van der Waals surface area contributed by atoms with Crippen LogP contribution in [0.5, 0.6) is 0 Å². The van der Waals surface area contributed by atoms with Crippen molar-refractivity contribution >= 4 is 41.3 Å². The van der Waals surface area contributed by atoms with E-state index in [0.717, 1.165) is 49.3 Å². The minimum Gasteiger partial charge on any atom is -0.385 e. The van der Waals surface area contributed by atoms with Gasteiger partial charge in [-0.2, -0.15) is 0 Å². The van der Waals surface area contributed by atoms with Crippen molar-refractivity contribution in [3.8, 4) is 0 Å². The third-order valence-electron chi connectivity index (χ3n) is 4.83. The van der Waals surface area contributed by atoms with Crippen molar-refractivity contribution in [2.45, 2.75) is 52.5 Å². The maximum absolute atomic E-state index is 5.33. The second-order valence-corrected chi connectivity index (χ2v) is 7.90. The lowest BCUT2D eigenvalue weighted by atomic mass is 9.83. The monoisotopic (exact) mass is 480 g/mol. The van der Waals surface area contributed by atoms with Gasteiger partial charge in [-0.05, 0) is 38.5 Å². The number of aromatic nitrogens is 1. The first-order valence-electron chi connectivity index (χ1n) is 8.98. The van der Waals surface area contributed by atoms with Crippen LogP contribution in [-0.2, 0) is 11.3 Å². The fraction of sp³-hybridized carbons (Fsp3) is 0.778. The van der Waals surface area contributed by atoms with Gasteiger partial charge in [0.25, 0.3) is 0 Å². The van der Waals surface area contributed by atoms with Crippen LogP contribution in [-0.4, -0.2) is 49.7 Å².